The van der Waals surface area contributed by atoms with E-state index >= 15 is 0 Å². The number of halogens is 1. The number of methoxy groups -OCH3 is 3. The number of piperazine rings is 1. The van der Waals surface area contributed by atoms with E-state index in [2.05, 4.69) is 64.3 Å². The zero-order valence-electron chi connectivity index (χ0n) is 21.3. The van der Waals surface area contributed by atoms with Crippen molar-refractivity contribution < 1.29 is 14.2 Å². The number of anilines is 1. The van der Waals surface area contributed by atoms with Crippen LogP contribution in [0.25, 0.3) is 0 Å². The zero-order chi connectivity index (χ0) is 24.3. The van der Waals surface area contributed by atoms with Gasteiger partial charge in [-0.15, -0.1) is 17.5 Å². The monoisotopic (exact) mass is 502 g/mol. The molecular weight excluding hydrogens is 468 g/mol. The van der Waals surface area contributed by atoms with Crippen LogP contribution in [-0.4, -0.2) is 72.6 Å². The Labute approximate surface area is 213 Å². The first kappa shape index (κ1) is 26.6. The number of hydrogen-bond donors (Lipinski definition) is 0. The van der Waals surface area contributed by atoms with Gasteiger partial charge in [0, 0.05) is 43.5 Å². The van der Waals surface area contributed by atoms with Gasteiger partial charge in [0.05, 0.1) is 26.9 Å². The summed E-state index contributed by atoms with van der Waals surface area (Å²) in [7, 11) is 5.03. The van der Waals surface area contributed by atoms with Crippen LogP contribution < -0.4 is 19.1 Å². The minimum atomic E-state index is -0.262. The lowest BCUT2D eigenvalue weighted by atomic mass is 10.00. The molecule has 1 atom stereocenters. The lowest BCUT2D eigenvalue weighted by Gasteiger charge is -2.40. The first-order valence-electron chi connectivity index (χ1n) is 11.5. The molecule has 0 N–H and O–H groups in total. The largest absolute Gasteiger partial charge is 0.497 e. The summed E-state index contributed by atoms with van der Waals surface area (Å²) >= 11 is 0. The molecule has 0 spiro atoms. The van der Waals surface area contributed by atoms with E-state index in [1.165, 1.54) is 5.69 Å². The van der Waals surface area contributed by atoms with Crippen molar-refractivity contribution in [3.8, 4) is 17.2 Å². The van der Waals surface area contributed by atoms with Crippen molar-refractivity contribution in [3.63, 3.8) is 0 Å². The molecule has 10 heteroatoms. The molecule has 4 rings (SSSR count). The average molecular weight is 503 g/mol. The van der Waals surface area contributed by atoms with Gasteiger partial charge in [-0.3, -0.25) is 4.90 Å². The van der Waals surface area contributed by atoms with Crippen LogP contribution in [0.5, 0.6) is 17.2 Å². The Morgan fingerprint density at radius 1 is 0.829 bits per heavy atom. The molecule has 9 nitrogen and oxygen atoms in total. The third kappa shape index (κ3) is 5.62. The molecule has 0 amide bonds. The summed E-state index contributed by atoms with van der Waals surface area (Å²) in [6.45, 7) is 9.80. The van der Waals surface area contributed by atoms with Crippen LogP contribution in [0, 0.1) is 0 Å². The maximum absolute atomic E-state index is 5.79. The maximum Gasteiger partial charge on any atom is 0.173 e. The van der Waals surface area contributed by atoms with Crippen LogP contribution in [0.15, 0.2) is 42.5 Å². The number of nitrogens with zero attached hydrogens (tertiary/aromatic N) is 6. The van der Waals surface area contributed by atoms with E-state index < -0.39 is 0 Å². The van der Waals surface area contributed by atoms with Crippen LogP contribution in [0.1, 0.15) is 38.2 Å². The minimum absolute atomic E-state index is 0. The first-order valence-corrected chi connectivity index (χ1v) is 11.5. The summed E-state index contributed by atoms with van der Waals surface area (Å²) in [6, 6.07) is 14.0. The summed E-state index contributed by atoms with van der Waals surface area (Å²) in [5, 5.41) is 12.9. The lowest BCUT2D eigenvalue weighted by Crippen LogP contribution is -2.48. The molecule has 2 aromatic carbocycles. The molecule has 0 saturated carbocycles. The summed E-state index contributed by atoms with van der Waals surface area (Å²) in [5.41, 5.74) is 1.95. The van der Waals surface area contributed by atoms with Crippen molar-refractivity contribution in [2.45, 2.75) is 32.4 Å². The van der Waals surface area contributed by atoms with Crippen molar-refractivity contribution in [1.29, 1.82) is 0 Å². The summed E-state index contributed by atoms with van der Waals surface area (Å²) < 4.78 is 18.4. The molecule has 1 aromatic heterocycles. The van der Waals surface area contributed by atoms with E-state index in [1.54, 1.807) is 21.3 Å². The van der Waals surface area contributed by atoms with E-state index in [1.807, 2.05) is 28.9 Å². The van der Waals surface area contributed by atoms with Gasteiger partial charge in [-0.1, -0.05) is 0 Å². The average Bonchev–Trinajstić information content (AvgIpc) is 3.35. The molecule has 1 unspecified atom stereocenters. The number of benzene rings is 2. The van der Waals surface area contributed by atoms with E-state index in [0.29, 0.717) is 0 Å². The Morgan fingerprint density at radius 2 is 1.46 bits per heavy atom. The first-order chi connectivity index (χ1) is 16.4. The highest BCUT2D eigenvalue weighted by molar-refractivity contribution is 5.85. The highest BCUT2D eigenvalue weighted by atomic mass is 35.5. The van der Waals surface area contributed by atoms with Crippen LogP contribution in [0.2, 0.25) is 0 Å². The van der Waals surface area contributed by atoms with Gasteiger partial charge in [0.25, 0.3) is 0 Å². The van der Waals surface area contributed by atoms with Crippen molar-refractivity contribution >= 4 is 18.1 Å². The van der Waals surface area contributed by atoms with Gasteiger partial charge in [-0.2, -0.15) is 0 Å². The van der Waals surface area contributed by atoms with Crippen molar-refractivity contribution in [2.75, 3.05) is 52.4 Å². The fourth-order valence-electron chi connectivity index (χ4n) is 4.42. The Morgan fingerprint density at radius 3 is 2.03 bits per heavy atom. The number of aromatic nitrogens is 4. The second-order valence-corrected chi connectivity index (χ2v) is 9.35. The quantitative estimate of drug-likeness (QED) is 0.483. The normalized spacial score (nSPS) is 15.3. The number of tetrazole rings is 1. The molecule has 0 aliphatic carbocycles. The van der Waals surface area contributed by atoms with Crippen LogP contribution in [0.3, 0.4) is 0 Å². The smallest absolute Gasteiger partial charge is 0.173 e. The minimum Gasteiger partial charge on any atom is -0.497 e. The molecule has 1 saturated heterocycles. The molecule has 190 valence electrons. The number of rotatable bonds is 7. The Balaban J connectivity index is 0.00000342. The standard InChI is InChI=1S/C25H34N6O3.ClH/c1-25(2,3)31-24(26-27-28-31)23(21-12-11-20(33-5)17-22(21)34-6)30-15-13-29(14-16-30)18-7-9-19(32-4)10-8-18;/h7-12,17,23H,13-16H2,1-6H3;1H. The van der Waals surface area contributed by atoms with Crippen LogP contribution in [0.4, 0.5) is 5.69 Å². The van der Waals surface area contributed by atoms with E-state index in [9.17, 15) is 0 Å². The molecule has 2 heterocycles. The summed E-state index contributed by atoms with van der Waals surface area (Å²) in [6.07, 6.45) is 0. The second-order valence-electron chi connectivity index (χ2n) is 9.35. The van der Waals surface area contributed by atoms with Crippen LogP contribution in [-0.2, 0) is 5.54 Å². The van der Waals surface area contributed by atoms with Gasteiger partial charge in [0.2, 0.25) is 0 Å². The summed E-state index contributed by atoms with van der Waals surface area (Å²) in [4.78, 5) is 4.82. The van der Waals surface area contributed by atoms with Gasteiger partial charge in [-0.25, -0.2) is 4.68 Å². The highest BCUT2D eigenvalue weighted by Gasteiger charge is 2.35. The van der Waals surface area contributed by atoms with Crippen molar-refractivity contribution in [1.82, 2.24) is 25.1 Å². The zero-order valence-corrected chi connectivity index (χ0v) is 22.1. The molecule has 3 aromatic rings. The Kier molecular flexibility index (Phi) is 8.45. The molecule has 0 radical (unpaired) electrons. The van der Waals surface area contributed by atoms with Gasteiger partial charge in [0.1, 0.15) is 23.3 Å². The predicted octanol–water partition coefficient (Wildman–Crippen LogP) is 3.79. The van der Waals surface area contributed by atoms with Crippen molar-refractivity contribution in [3.05, 3.63) is 53.9 Å². The third-order valence-electron chi connectivity index (χ3n) is 6.23. The second kappa shape index (κ2) is 11.1. The van der Waals surface area contributed by atoms with E-state index in [-0.39, 0.29) is 24.0 Å². The molecule has 1 aliphatic rings. The number of ether oxygens (including phenoxy) is 3. The van der Waals surface area contributed by atoms with Crippen molar-refractivity contribution in [2.24, 2.45) is 0 Å². The molecule has 35 heavy (non-hydrogen) atoms. The van der Waals surface area contributed by atoms with Gasteiger partial charge < -0.3 is 19.1 Å². The van der Waals surface area contributed by atoms with E-state index in [4.69, 9.17) is 14.2 Å². The van der Waals surface area contributed by atoms with Gasteiger partial charge in [0.15, 0.2) is 5.82 Å². The highest BCUT2D eigenvalue weighted by Crippen LogP contribution is 2.37. The van der Waals surface area contributed by atoms with Gasteiger partial charge in [-0.05, 0) is 67.6 Å². The molecule has 0 bridgehead atoms. The van der Waals surface area contributed by atoms with Gasteiger partial charge >= 0.3 is 0 Å². The third-order valence-corrected chi connectivity index (χ3v) is 6.23. The SMILES string of the molecule is COc1ccc(N2CCN(C(c3ccc(OC)cc3OC)c3nnnn3C(C)(C)C)CC2)cc1.Cl. The lowest BCUT2D eigenvalue weighted by molar-refractivity contribution is 0.188. The molecular formula is C25H35ClN6O3. The fourth-order valence-corrected chi connectivity index (χ4v) is 4.42. The van der Waals surface area contributed by atoms with E-state index in [0.717, 1.165) is 54.8 Å². The number of hydrogen-bond acceptors (Lipinski definition) is 8. The predicted molar refractivity (Wildman–Crippen MR) is 138 cm³/mol. The summed E-state index contributed by atoms with van der Waals surface area (Å²) in [5.74, 6) is 3.17. The van der Waals surface area contributed by atoms with Crippen LogP contribution >= 0.6 is 12.4 Å². The molecule has 1 fully saturated rings. The Hall–Kier alpha value is -3.04. The Bertz CT molecular complexity index is 1090. The topological polar surface area (TPSA) is 77.8 Å². The maximum atomic E-state index is 5.79. The molecule has 1 aliphatic heterocycles. The fraction of sp³-hybridized carbons (Fsp3) is 0.480.